The first-order valence-electron chi connectivity index (χ1n) is 20.3. The van der Waals surface area contributed by atoms with Crippen LogP contribution in [0.5, 0.6) is 23.0 Å². The Morgan fingerprint density at radius 1 is 0.433 bits per heavy atom. The van der Waals surface area contributed by atoms with E-state index in [4.69, 9.17) is 29.4 Å². The predicted octanol–water partition coefficient (Wildman–Crippen LogP) is 13.3. The first-order chi connectivity index (χ1) is 29.0. The van der Waals surface area contributed by atoms with Gasteiger partial charge in [-0.1, -0.05) is 90.1 Å². The fourth-order valence-corrected chi connectivity index (χ4v) is 8.23. The fraction of sp³-hybridized carbons (Fsp3) is 0.154. The van der Waals surface area contributed by atoms with Crippen LogP contribution in [0.15, 0.2) is 158 Å². The van der Waals surface area contributed by atoms with E-state index in [1.165, 1.54) is 0 Å². The summed E-state index contributed by atoms with van der Waals surface area (Å²) in [5.74, 6) is 4.93. The van der Waals surface area contributed by atoms with Crippen LogP contribution in [0.1, 0.15) is 52.7 Å². The zero-order valence-corrected chi connectivity index (χ0v) is 34.5. The fourth-order valence-electron chi connectivity index (χ4n) is 8.23. The molecule has 60 heavy (non-hydrogen) atoms. The average Bonchev–Trinajstić information content (AvgIpc) is 3.75. The molecule has 0 spiro atoms. The van der Waals surface area contributed by atoms with Crippen molar-refractivity contribution < 1.29 is 9.47 Å². The Morgan fingerprint density at radius 2 is 0.883 bits per heavy atom. The predicted molar refractivity (Wildman–Crippen MR) is 242 cm³/mol. The molecule has 0 unspecified atom stereocenters. The summed E-state index contributed by atoms with van der Waals surface area (Å²) >= 11 is 0. The maximum Gasteiger partial charge on any atom is 0.159 e. The van der Waals surface area contributed by atoms with E-state index in [0.717, 1.165) is 71.9 Å². The van der Waals surface area contributed by atoms with Gasteiger partial charge in [0.25, 0.3) is 0 Å². The molecule has 0 aliphatic heterocycles. The molecule has 10 rings (SSSR count). The molecule has 0 amide bonds. The second-order valence-electron chi connectivity index (χ2n) is 17.3. The van der Waals surface area contributed by atoms with Gasteiger partial charge in [0, 0.05) is 69.6 Å². The van der Waals surface area contributed by atoms with Gasteiger partial charge in [0.05, 0.1) is 22.1 Å². The van der Waals surface area contributed by atoms with Gasteiger partial charge < -0.3 is 9.47 Å². The molecule has 0 aliphatic rings. The van der Waals surface area contributed by atoms with Crippen molar-refractivity contribution in [3.8, 4) is 46.0 Å². The maximum absolute atomic E-state index is 7.05. The minimum absolute atomic E-state index is 0.0933. The number of fused-ring (bicyclic) bond motifs is 6. The molecule has 5 aromatic carbocycles. The molecule has 5 aromatic heterocycles. The van der Waals surface area contributed by atoms with Crippen LogP contribution in [-0.4, -0.2) is 29.1 Å². The first kappa shape index (κ1) is 37.0. The number of hydrogen-bond donors (Lipinski definition) is 0. The smallest absolute Gasteiger partial charge is 0.159 e. The zero-order chi connectivity index (χ0) is 41.2. The quantitative estimate of drug-likeness (QED) is 0.160. The van der Waals surface area contributed by atoms with Crippen LogP contribution < -0.4 is 9.47 Å². The minimum atomic E-state index is -0.403. The highest BCUT2D eigenvalue weighted by Gasteiger charge is 2.28. The Hall–Kier alpha value is -7.32. The standard InChI is InChI=1S/C52H44N6O2/c1-51(2,3)34-31-55-50(56-32-34)33-27-45(59-35-21-23-39-37-15-7-9-17-41(37)57(43(39)29-35)47-19-11-13-25-53-47)49(52(4,5)6)46(28-33)60-36-22-24-40-38-16-8-10-18-42(38)58(44(40)30-36)48-20-12-14-26-54-48/h7-32H,1-6H3. The number of hydrogen-bond acceptors (Lipinski definition) is 6. The summed E-state index contributed by atoms with van der Waals surface area (Å²) in [6, 6.07) is 45.4. The van der Waals surface area contributed by atoms with E-state index in [1.807, 2.05) is 85.5 Å². The largest absolute Gasteiger partial charge is 0.457 e. The molecule has 294 valence electrons. The number of nitrogens with zero attached hydrogens (tertiary/aromatic N) is 6. The monoisotopic (exact) mass is 784 g/mol. The summed E-state index contributed by atoms with van der Waals surface area (Å²) in [5.41, 5.74) is 6.39. The van der Waals surface area contributed by atoms with Gasteiger partial charge in [-0.3, -0.25) is 9.13 Å². The van der Waals surface area contributed by atoms with E-state index in [-0.39, 0.29) is 5.41 Å². The van der Waals surface area contributed by atoms with Crippen LogP contribution in [0.3, 0.4) is 0 Å². The second-order valence-corrected chi connectivity index (χ2v) is 17.3. The van der Waals surface area contributed by atoms with Crippen molar-refractivity contribution in [2.45, 2.75) is 52.4 Å². The molecule has 8 nitrogen and oxygen atoms in total. The highest BCUT2D eigenvalue weighted by molar-refractivity contribution is 6.10. The lowest BCUT2D eigenvalue weighted by Crippen LogP contribution is -2.15. The molecule has 0 aliphatic carbocycles. The molecule has 0 saturated carbocycles. The normalized spacial score (nSPS) is 12.2. The Labute approximate surface area is 348 Å². The van der Waals surface area contributed by atoms with Crippen molar-refractivity contribution in [1.29, 1.82) is 0 Å². The van der Waals surface area contributed by atoms with Crippen LogP contribution in [0, 0.1) is 0 Å². The molecule has 5 heterocycles. The number of ether oxygens (including phenoxy) is 2. The third-order valence-electron chi connectivity index (χ3n) is 11.1. The molecule has 8 heteroatoms. The van der Waals surface area contributed by atoms with E-state index in [1.54, 1.807) is 0 Å². The SMILES string of the molecule is CC(C)(C)c1cnc(-c2cc(Oc3ccc4c5ccccc5n(-c5ccccn5)c4c3)c(C(C)(C)C)c(Oc3ccc4c5ccccc5n(-c5ccccn5)c4c3)c2)nc1. The summed E-state index contributed by atoms with van der Waals surface area (Å²) in [7, 11) is 0. The third kappa shape index (κ3) is 6.50. The molecule has 0 bridgehead atoms. The van der Waals surface area contributed by atoms with Crippen LogP contribution in [-0.2, 0) is 10.8 Å². The van der Waals surface area contributed by atoms with Crippen LogP contribution in [0.4, 0.5) is 0 Å². The number of pyridine rings is 2. The molecule has 0 atom stereocenters. The Balaban J connectivity index is 1.15. The van der Waals surface area contributed by atoms with E-state index in [0.29, 0.717) is 28.8 Å². The zero-order valence-electron chi connectivity index (χ0n) is 34.5. The van der Waals surface area contributed by atoms with Crippen LogP contribution in [0.25, 0.3) is 66.6 Å². The maximum atomic E-state index is 7.05. The Kier molecular flexibility index (Phi) is 8.75. The van der Waals surface area contributed by atoms with Gasteiger partial charge in [-0.15, -0.1) is 0 Å². The molecule has 0 fully saturated rings. The summed E-state index contributed by atoms with van der Waals surface area (Å²) in [6.07, 6.45) is 7.47. The summed E-state index contributed by atoms with van der Waals surface area (Å²) in [5, 5.41) is 4.52. The van der Waals surface area contributed by atoms with Gasteiger partial charge in [0.15, 0.2) is 5.82 Å². The lowest BCUT2D eigenvalue weighted by Gasteiger charge is -2.27. The lowest BCUT2D eigenvalue weighted by atomic mass is 9.84. The summed E-state index contributed by atoms with van der Waals surface area (Å²) in [6.45, 7) is 13.0. The van der Waals surface area contributed by atoms with Crippen molar-refractivity contribution in [3.63, 3.8) is 0 Å². The number of para-hydroxylation sites is 2. The topological polar surface area (TPSA) is 79.9 Å². The van der Waals surface area contributed by atoms with Gasteiger partial charge in [0.1, 0.15) is 34.6 Å². The Morgan fingerprint density at radius 3 is 1.32 bits per heavy atom. The number of aromatic nitrogens is 6. The molecule has 0 radical (unpaired) electrons. The average molecular weight is 785 g/mol. The first-order valence-corrected chi connectivity index (χ1v) is 20.3. The van der Waals surface area contributed by atoms with E-state index in [9.17, 15) is 0 Å². The third-order valence-corrected chi connectivity index (χ3v) is 11.1. The minimum Gasteiger partial charge on any atom is -0.457 e. The van der Waals surface area contributed by atoms with Crippen molar-refractivity contribution in [1.82, 2.24) is 29.1 Å². The molecule has 0 N–H and O–H groups in total. The van der Waals surface area contributed by atoms with Gasteiger partial charge in [0.2, 0.25) is 0 Å². The molecule has 10 aromatic rings. The molecule has 0 saturated heterocycles. The Bertz CT molecular complexity index is 3030. The van der Waals surface area contributed by atoms with Crippen molar-refractivity contribution in [2.75, 3.05) is 0 Å². The van der Waals surface area contributed by atoms with Crippen LogP contribution in [0.2, 0.25) is 0 Å². The number of rotatable bonds is 7. The molecular formula is C52H44N6O2. The van der Waals surface area contributed by atoms with Gasteiger partial charge >= 0.3 is 0 Å². The summed E-state index contributed by atoms with van der Waals surface area (Å²) in [4.78, 5) is 19.2. The van der Waals surface area contributed by atoms with E-state index >= 15 is 0 Å². The highest BCUT2D eigenvalue weighted by atomic mass is 16.5. The van der Waals surface area contributed by atoms with E-state index < -0.39 is 5.41 Å². The van der Waals surface area contributed by atoms with Gasteiger partial charge in [-0.25, -0.2) is 19.9 Å². The lowest BCUT2D eigenvalue weighted by molar-refractivity contribution is 0.422. The van der Waals surface area contributed by atoms with E-state index in [2.05, 4.69) is 123 Å². The van der Waals surface area contributed by atoms with Gasteiger partial charge in [-0.2, -0.15) is 0 Å². The second kappa shape index (κ2) is 14.2. The highest BCUT2D eigenvalue weighted by Crippen LogP contribution is 2.46. The summed E-state index contributed by atoms with van der Waals surface area (Å²) < 4.78 is 18.5. The van der Waals surface area contributed by atoms with Crippen LogP contribution >= 0.6 is 0 Å². The number of benzene rings is 5. The van der Waals surface area contributed by atoms with Gasteiger partial charge in [-0.05, 0) is 89.2 Å². The van der Waals surface area contributed by atoms with Crippen molar-refractivity contribution in [3.05, 3.63) is 169 Å². The van der Waals surface area contributed by atoms with Crippen molar-refractivity contribution in [2.24, 2.45) is 0 Å². The molecular weight excluding hydrogens is 741 g/mol. The van der Waals surface area contributed by atoms with Crippen molar-refractivity contribution >= 4 is 43.6 Å².